The molecule has 0 rings (SSSR count). The molecule has 0 bridgehead atoms. The third-order valence-corrected chi connectivity index (χ3v) is 7.20. The summed E-state index contributed by atoms with van der Waals surface area (Å²) in [4.78, 5) is 32.6. The third kappa shape index (κ3) is 13.6. The van der Waals surface area contributed by atoms with Gasteiger partial charge in [0.15, 0.2) is 4.87 Å². The van der Waals surface area contributed by atoms with Gasteiger partial charge >= 0.3 is 11.9 Å². The second kappa shape index (κ2) is 17.9. The Morgan fingerprint density at radius 1 is 0.833 bits per heavy atom. The Hall–Kier alpha value is -2.46. The highest BCUT2D eigenvalue weighted by molar-refractivity contribution is 7.87. The van der Waals surface area contributed by atoms with Crippen molar-refractivity contribution in [1.29, 1.82) is 0 Å². The van der Waals surface area contributed by atoms with Gasteiger partial charge in [-0.25, -0.2) is 9.59 Å². The standard InChI is InChI=1S/C26H43NO8S/c1-4-6-7-8-9-10-11-12-13-14-15-16-22(25(31)32)20-26(19-5-2,36(33,34)35)27-24(30)21(3)17-18-23(28)29/h17-18,20H,3-16,19H2,1-2H3,(H,27,30)(H,28,29)(H,31,32)(H,33,34,35). The van der Waals surface area contributed by atoms with Gasteiger partial charge in [-0.3, -0.25) is 9.35 Å². The van der Waals surface area contributed by atoms with Gasteiger partial charge in [-0.1, -0.05) is 91.1 Å². The molecule has 0 saturated heterocycles. The number of rotatable bonds is 21. The molecular weight excluding hydrogens is 486 g/mol. The van der Waals surface area contributed by atoms with Crippen molar-refractivity contribution in [3.8, 4) is 0 Å². The van der Waals surface area contributed by atoms with Crippen molar-refractivity contribution in [3.63, 3.8) is 0 Å². The molecule has 206 valence electrons. The first-order valence-electron chi connectivity index (χ1n) is 12.7. The van der Waals surface area contributed by atoms with Crippen LogP contribution in [0.3, 0.4) is 0 Å². The van der Waals surface area contributed by atoms with Gasteiger partial charge in [0.05, 0.1) is 0 Å². The lowest BCUT2D eigenvalue weighted by molar-refractivity contribution is -0.133. The average Bonchev–Trinajstić information content (AvgIpc) is 2.79. The molecule has 10 heteroatoms. The molecule has 0 fully saturated rings. The Balaban J connectivity index is 5.27. The van der Waals surface area contributed by atoms with E-state index < -0.39 is 32.8 Å². The smallest absolute Gasteiger partial charge is 0.331 e. The molecule has 0 heterocycles. The number of carboxylic acids is 2. The van der Waals surface area contributed by atoms with Gasteiger partial charge in [0.25, 0.3) is 16.0 Å². The maximum Gasteiger partial charge on any atom is 0.331 e. The Bertz CT molecular complexity index is 892. The van der Waals surface area contributed by atoms with Crippen LogP contribution in [0.5, 0.6) is 0 Å². The lowest BCUT2D eigenvalue weighted by Crippen LogP contribution is -2.53. The van der Waals surface area contributed by atoms with Crippen LogP contribution in [0.2, 0.25) is 0 Å². The van der Waals surface area contributed by atoms with Crippen molar-refractivity contribution in [1.82, 2.24) is 5.32 Å². The minimum absolute atomic E-state index is 0.0725. The van der Waals surface area contributed by atoms with Crippen molar-refractivity contribution < 1.29 is 37.6 Å². The predicted octanol–water partition coefficient (Wildman–Crippen LogP) is 5.40. The number of carboxylic acid groups (broad SMARTS) is 2. The fraction of sp³-hybridized carbons (Fsp3) is 0.654. The summed E-state index contributed by atoms with van der Waals surface area (Å²) in [5.74, 6) is -3.72. The normalized spacial score (nSPS) is 13.9. The SMILES string of the molecule is C=C(C=CC(=O)O)C(=O)NC(C=C(CCCCCCCCCCCCC)C(=O)O)(CCC)S(=O)(=O)O. The highest BCUT2D eigenvalue weighted by Gasteiger charge is 2.43. The number of nitrogens with one attached hydrogen (secondary N) is 1. The molecule has 4 N–H and O–H groups in total. The van der Waals surface area contributed by atoms with Crippen LogP contribution < -0.4 is 5.32 Å². The summed E-state index contributed by atoms with van der Waals surface area (Å²) in [6, 6.07) is 0. The monoisotopic (exact) mass is 529 g/mol. The van der Waals surface area contributed by atoms with E-state index in [2.05, 4.69) is 18.8 Å². The van der Waals surface area contributed by atoms with E-state index in [1.807, 2.05) is 0 Å². The molecule has 1 atom stereocenters. The Morgan fingerprint density at radius 3 is 1.75 bits per heavy atom. The summed E-state index contributed by atoms with van der Waals surface area (Å²) in [6.07, 6.45) is 14.2. The zero-order chi connectivity index (χ0) is 27.6. The number of hydrogen-bond donors (Lipinski definition) is 4. The average molecular weight is 530 g/mol. The van der Waals surface area contributed by atoms with Gasteiger partial charge in [-0.2, -0.15) is 8.42 Å². The van der Waals surface area contributed by atoms with Crippen LogP contribution in [0.15, 0.2) is 36.0 Å². The largest absolute Gasteiger partial charge is 0.478 e. The first-order chi connectivity index (χ1) is 16.9. The lowest BCUT2D eigenvalue weighted by Gasteiger charge is -2.29. The molecule has 0 aromatic rings. The van der Waals surface area contributed by atoms with Gasteiger partial charge in [0.2, 0.25) is 0 Å². The van der Waals surface area contributed by atoms with Crippen LogP contribution in [0.4, 0.5) is 0 Å². The fourth-order valence-corrected chi connectivity index (χ4v) is 4.81. The number of aliphatic carboxylic acids is 2. The number of carbonyl (C=O) groups is 3. The highest BCUT2D eigenvalue weighted by atomic mass is 32.2. The maximum atomic E-state index is 12.5. The molecule has 36 heavy (non-hydrogen) atoms. The number of amides is 1. The topological polar surface area (TPSA) is 158 Å². The van der Waals surface area contributed by atoms with Crippen LogP contribution in [0.1, 0.15) is 104 Å². The number of unbranched alkanes of at least 4 members (excludes halogenated alkanes) is 10. The highest BCUT2D eigenvalue weighted by Crippen LogP contribution is 2.26. The maximum absolute atomic E-state index is 12.5. The molecule has 0 aliphatic carbocycles. The molecule has 0 spiro atoms. The van der Waals surface area contributed by atoms with Crippen molar-refractivity contribution in [3.05, 3.63) is 36.0 Å². The lowest BCUT2D eigenvalue weighted by atomic mass is 10.0. The predicted molar refractivity (Wildman–Crippen MR) is 140 cm³/mol. The van der Waals surface area contributed by atoms with Crippen molar-refractivity contribution in [2.75, 3.05) is 0 Å². The fourth-order valence-electron chi connectivity index (χ4n) is 3.83. The van der Waals surface area contributed by atoms with Crippen LogP contribution in [-0.4, -0.2) is 45.9 Å². The van der Waals surface area contributed by atoms with E-state index in [0.717, 1.165) is 37.8 Å². The van der Waals surface area contributed by atoms with Crippen molar-refractivity contribution >= 4 is 28.0 Å². The van der Waals surface area contributed by atoms with E-state index in [-0.39, 0.29) is 30.4 Å². The van der Waals surface area contributed by atoms with E-state index in [1.54, 1.807) is 6.92 Å². The summed E-state index contributed by atoms with van der Waals surface area (Å²) in [5.41, 5.74) is -0.596. The summed E-state index contributed by atoms with van der Waals surface area (Å²) in [6.45, 7) is 7.20. The van der Waals surface area contributed by atoms with Gasteiger partial charge < -0.3 is 15.5 Å². The first kappa shape index (κ1) is 33.5. The molecule has 0 saturated carbocycles. The zero-order valence-corrected chi connectivity index (χ0v) is 22.4. The van der Waals surface area contributed by atoms with Gasteiger partial charge in [-0.15, -0.1) is 0 Å². The van der Waals surface area contributed by atoms with Crippen LogP contribution in [0.25, 0.3) is 0 Å². The van der Waals surface area contributed by atoms with E-state index in [4.69, 9.17) is 5.11 Å². The molecule has 0 radical (unpaired) electrons. The Kier molecular flexibility index (Phi) is 16.7. The Labute approximate surface area is 215 Å². The summed E-state index contributed by atoms with van der Waals surface area (Å²) in [7, 11) is -4.98. The van der Waals surface area contributed by atoms with E-state index >= 15 is 0 Å². The third-order valence-electron chi connectivity index (χ3n) is 5.86. The van der Waals surface area contributed by atoms with E-state index in [1.165, 1.54) is 38.5 Å². The Morgan fingerprint density at radius 2 is 1.33 bits per heavy atom. The number of carbonyl (C=O) groups excluding carboxylic acids is 1. The molecule has 0 aromatic heterocycles. The minimum Gasteiger partial charge on any atom is -0.478 e. The van der Waals surface area contributed by atoms with Gasteiger partial charge in [0, 0.05) is 17.2 Å². The summed E-state index contributed by atoms with van der Waals surface area (Å²) >= 11 is 0. The van der Waals surface area contributed by atoms with Gasteiger partial charge in [0.1, 0.15) is 0 Å². The van der Waals surface area contributed by atoms with Crippen LogP contribution in [0, 0.1) is 0 Å². The zero-order valence-electron chi connectivity index (χ0n) is 21.6. The quantitative estimate of drug-likeness (QED) is 0.0666. The summed E-state index contributed by atoms with van der Waals surface area (Å²) in [5, 5.41) is 20.5. The molecule has 9 nitrogen and oxygen atoms in total. The number of hydrogen-bond acceptors (Lipinski definition) is 5. The second-order valence-electron chi connectivity index (χ2n) is 9.03. The minimum atomic E-state index is -4.98. The van der Waals surface area contributed by atoms with E-state index in [0.29, 0.717) is 12.5 Å². The summed E-state index contributed by atoms with van der Waals surface area (Å²) < 4.78 is 34.7. The van der Waals surface area contributed by atoms with Crippen LogP contribution in [-0.2, 0) is 24.5 Å². The van der Waals surface area contributed by atoms with Crippen molar-refractivity contribution in [2.45, 2.75) is 109 Å². The molecule has 1 amide bonds. The van der Waals surface area contributed by atoms with Gasteiger partial charge in [-0.05, 0) is 31.4 Å². The first-order valence-corrected chi connectivity index (χ1v) is 14.2. The molecule has 0 aromatic carbocycles. The molecule has 0 aliphatic rings. The molecule has 1 unspecified atom stereocenters. The van der Waals surface area contributed by atoms with Crippen LogP contribution >= 0.6 is 0 Å². The second-order valence-corrected chi connectivity index (χ2v) is 10.7. The molecular formula is C26H43NO8S. The van der Waals surface area contributed by atoms with Crippen molar-refractivity contribution in [2.24, 2.45) is 0 Å². The van der Waals surface area contributed by atoms with E-state index in [9.17, 15) is 32.5 Å². The molecule has 0 aliphatic heterocycles.